The van der Waals surface area contributed by atoms with Crippen LogP contribution in [0.3, 0.4) is 0 Å². The molecule has 0 atom stereocenters. The molecule has 1 nitrogen and oxygen atoms in total. The second kappa shape index (κ2) is 7.21. The maximum Gasteiger partial charge on any atom is 0.126 e. The van der Waals surface area contributed by atoms with Crippen LogP contribution in [-0.2, 0) is 4.79 Å². The predicted molar refractivity (Wildman–Crippen MR) is 68.6 cm³/mol. The molecule has 1 aromatic rings. The van der Waals surface area contributed by atoms with Gasteiger partial charge in [-0.25, -0.2) is 0 Å². The quantitative estimate of drug-likeness (QED) is 0.685. The SMILES string of the molecule is CC(C)=O.c1ccc(C2CCCCC2)cc1. The van der Waals surface area contributed by atoms with Gasteiger partial charge in [-0.05, 0) is 38.2 Å². The van der Waals surface area contributed by atoms with Crippen LogP contribution in [0, 0.1) is 0 Å². The van der Waals surface area contributed by atoms with Crippen molar-refractivity contribution in [3.05, 3.63) is 35.9 Å². The molecule has 0 N–H and O–H groups in total. The van der Waals surface area contributed by atoms with E-state index < -0.39 is 0 Å². The first kappa shape index (κ1) is 13.0. The molecule has 0 aromatic heterocycles. The van der Waals surface area contributed by atoms with E-state index in [2.05, 4.69) is 30.3 Å². The minimum Gasteiger partial charge on any atom is -0.300 e. The minimum atomic E-state index is 0.167. The molecule has 0 aliphatic heterocycles. The molecule has 0 unspecified atom stereocenters. The molecule has 16 heavy (non-hydrogen) atoms. The molecule has 0 saturated heterocycles. The van der Waals surface area contributed by atoms with E-state index in [9.17, 15) is 4.79 Å². The fraction of sp³-hybridized carbons (Fsp3) is 0.533. The van der Waals surface area contributed by atoms with E-state index in [-0.39, 0.29) is 5.78 Å². The third kappa shape index (κ3) is 5.11. The third-order valence-electron chi connectivity index (χ3n) is 2.88. The molecular formula is C15H22O. The zero-order chi connectivity index (χ0) is 11.8. The summed E-state index contributed by atoms with van der Waals surface area (Å²) in [5.41, 5.74) is 1.55. The van der Waals surface area contributed by atoms with Crippen LogP contribution >= 0.6 is 0 Å². The van der Waals surface area contributed by atoms with Crippen LogP contribution < -0.4 is 0 Å². The largest absolute Gasteiger partial charge is 0.300 e. The van der Waals surface area contributed by atoms with Crippen LogP contribution in [0.4, 0.5) is 0 Å². The molecule has 1 saturated carbocycles. The number of benzene rings is 1. The number of carbonyl (C=O) groups excluding carboxylic acids is 1. The Kier molecular flexibility index (Phi) is 5.84. The van der Waals surface area contributed by atoms with Crippen LogP contribution in [-0.4, -0.2) is 5.78 Å². The highest BCUT2D eigenvalue weighted by Gasteiger charge is 2.14. The van der Waals surface area contributed by atoms with E-state index in [1.807, 2.05) is 0 Å². The summed E-state index contributed by atoms with van der Waals surface area (Å²) in [5, 5.41) is 0. The molecule has 1 fully saturated rings. The van der Waals surface area contributed by atoms with E-state index in [0.29, 0.717) is 0 Å². The Balaban J connectivity index is 0.000000280. The van der Waals surface area contributed by atoms with E-state index in [1.54, 1.807) is 5.56 Å². The highest BCUT2D eigenvalue weighted by molar-refractivity contribution is 5.72. The van der Waals surface area contributed by atoms with Crippen molar-refractivity contribution in [1.29, 1.82) is 0 Å². The summed E-state index contributed by atoms with van der Waals surface area (Å²) in [7, 11) is 0. The Morgan fingerprint density at radius 1 is 1.00 bits per heavy atom. The number of Topliss-reactive ketones (excluding diaryl/α,β-unsaturated/α-hetero) is 1. The Morgan fingerprint density at radius 3 is 2.00 bits per heavy atom. The minimum absolute atomic E-state index is 0.167. The maximum absolute atomic E-state index is 9.44. The lowest BCUT2D eigenvalue weighted by atomic mass is 9.84. The summed E-state index contributed by atoms with van der Waals surface area (Å²) in [4.78, 5) is 9.44. The first-order chi connectivity index (χ1) is 7.70. The molecule has 1 heteroatoms. The van der Waals surface area contributed by atoms with Crippen LogP contribution in [0.25, 0.3) is 0 Å². The molecule has 88 valence electrons. The standard InChI is InChI=1S/C12H16.C3H6O/c1-3-7-11(8-4-1)12-9-5-2-6-10-12;1-3(2)4/h1,3-4,7-8,12H,2,5-6,9-10H2;1-2H3. The van der Waals surface area contributed by atoms with Crippen molar-refractivity contribution >= 4 is 5.78 Å². The monoisotopic (exact) mass is 218 g/mol. The van der Waals surface area contributed by atoms with Crippen molar-refractivity contribution in [1.82, 2.24) is 0 Å². The molecule has 0 heterocycles. The molecule has 0 spiro atoms. The first-order valence-electron chi connectivity index (χ1n) is 6.22. The molecule has 2 rings (SSSR count). The van der Waals surface area contributed by atoms with Gasteiger partial charge >= 0.3 is 0 Å². The fourth-order valence-electron chi connectivity index (χ4n) is 2.16. The van der Waals surface area contributed by atoms with Crippen molar-refractivity contribution in [3.63, 3.8) is 0 Å². The Labute approximate surface area is 98.9 Å². The molecule has 1 aliphatic rings. The van der Waals surface area contributed by atoms with E-state index in [1.165, 1.54) is 46.0 Å². The molecule has 1 aliphatic carbocycles. The normalized spacial score (nSPS) is 16.1. The number of hydrogen-bond donors (Lipinski definition) is 0. The van der Waals surface area contributed by atoms with Crippen molar-refractivity contribution < 1.29 is 4.79 Å². The smallest absolute Gasteiger partial charge is 0.126 e. The zero-order valence-corrected chi connectivity index (χ0v) is 10.4. The van der Waals surface area contributed by atoms with Gasteiger partial charge in [-0.2, -0.15) is 0 Å². The second-order valence-electron chi connectivity index (χ2n) is 4.65. The van der Waals surface area contributed by atoms with Crippen molar-refractivity contribution in [2.75, 3.05) is 0 Å². The highest BCUT2D eigenvalue weighted by Crippen LogP contribution is 2.31. The predicted octanol–water partition coefficient (Wildman–Crippen LogP) is 4.33. The summed E-state index contributed by atoms with van der Waals surface area (Å²) >= 11 is 0. The van der Waals surface area contributed by atoms with Gasteiger partial charge in [0.2, 0.25) is 0 Å². The van der Waals surface area contributed by atoms with Crippen molar-refractivity contribution in [2.45, 2.75) is 51.9 Å². The zero-order valence-electron chi connectivity index (χ0n) is 10.4. The summed E-state index contributed by atoms with van der Waals surface area (Å²) in [5.74, 6) is 1.03. The molecular weight excluding hydrogens is 196 g/mol. The summed E-state index contributed by atoms with van der Waals surface area (Å²) in [6, 6.07) is 11.0. The summed E-state index contributed by atoms with van der Waals surface area (Å²) < 4.78 is 0. The van der Waals surface area contributed by atoms with Gasteiger partial charge in [0.15, 0.2) is 0 Å². The first-order valence-corrected chi connectivity index (χ1v) is 6.22. The molecule has 0 bridgehead atoms. The maximum atomic E-state index is 9.44. The Hall–Kier alpha value is -1.11. The fourth-order valence-corrected chi connectivity index (χ4v) is 2.16. The lowest BCUT2D eigenvalue weighted by Gasteiger charge is -2.21. The summed E-state index contributed by atoms with van der Waals surface area (Å²) in [6.45, 7) is 3.06. The second-order valence-corrected chi connectivity index (χ2v) is 4.65. The average molecular weight is 218 g/mol. The van der Waals surface area contributed by atoms with Crippen LogP contribution in [0.15, 0.2) is 30.3 Å². The van der Waals surface area contributed by atoms with Crippen LogP contribution in [0.5, 0.6) is 0 Å². The van der Waals surface area contributed by atoms with Gasteiger partial charge < -0.3 is 4.79 Å². The molecule has 1 aromatic carbocycles. The average Bonchev–Trinajstić information content (AvgIpc) is 2.31. The van der Waals surface area contributed by atoms with Gasteiger partial charge in [-0.3, -0.25) is 0 Å². The highest BCUT2D eigenvalue weighted by atomic mass is 16.1. The van der Waals surface area contributed by atoms with Gasteiger partial charge in [0, 0.05) is 0 Å². The van der Waals surface area contributed by atoms with Gasteiger partial charge in [-0.15, -0.1) is 0 Å². The van der Waals surface area contributed by atoms with Gasteiger partial charge in [0.05, 0.1) is 0 Å². The topological polar surface area (TPSA) is 17.1 Å². The van der Waals surface area contributed by atoms with Crippen molar-refractivity contribution in [2.24, 2.45) is 0 Å². The molecule has 0 amide bonds. The van der Waals surface area contributed by atoms with Crippen molar-refractivity contribution in [3.8, 4) is 0 Å². The van der Waals surface area contributed by atoms with E-state index in [4.69, 9.17) is 0 Å². The van der Waals surface area contributed by atoms with Gasteiger partial charge in [0.25, 0.3) is 0 Å². The summed E-state index contributed by atoms with van der Waals surface area (Å²) in [6.07, 6.45) is 7.12. The van der Waals surface area contributed by atoms with Crippen LogP contribution in [0.1, 0.15) is 57.4 Å². The Bertz CT molecular complexity index is 292. The van der Waals surface area contributed by atoms with Gasteiger partial charge in [0.1, 0.15) is 5.78 Å². The Morgan fingerprint density at radius 2 is 1.50 bits per heavy atom. The van der Waals surface area contributed by atoms with E-state index in [0.717, 1.165) is 5.92 Å². The number of hydrogen-bond acceptors (Lipinski definition) is 1. The number of ketones is 1. The lowest BCUT2D eigenvalue weighted by molar-refractivity contribution is -0.114. The third-order valence-corrected chi connectivity index (χ3v) is 2.88. The molecule has 0 radical (unpaired) electrons. The van der Waals surface area contributed by atoms with Gasteiger partial charge in [-0.1, -0.05) is 49.6 Å². The lowest BCUT2D eigenvalue weighted by Crippen LogP contribution is -2.03. The van der Waals surface area contributed by atoms with E-state index >= 15 is 0 Å². The number of rotatable bonds is 1. The van der Waals surface area contributed by atoms with Crippen LogP contribution in [0.2, 0.25) is 0 Å². The number of carbonyl (C=O) groups is 1.